The van der Waals surface area contributed by atoms with Crippen LogP contribution in [-0.4, -0.2) is 0 Å². The quantitative estimate of drug-likeness (QED) is 0.0952. The number of anilines is 6. The van der Waals surface area contributed by atoms with E-state index in [4.69, 9.17) is 0 Å². The Morgan fingerprint density at radius 2 is 0.627 bits per heavy atom. The van der Waals surface area contributed by atoms with Crippen LogP contribution < -0.4 is 9.80 Å². The second-order valence-corrected chi connectivity index (χ2v) is 23.7. The summed E-state index contributed by atoms with van der Waals surface area (Å²) in [6.45, 7) is 23.6. The van der Waals surface area contributed by atoms with Gasteiger partial charge < -0.3 is 9.80 Å². The Morgan fingerprint density at radius 3 is 0.947 bits per heavy atom. The normalized spacial score (nSPS) is 15.2. The zero-order valence-corrected chi connectivity index (χ0v) is 46.9. The van der Waals surface area contributed by atoms with Gasteiger partial charge in [-0.05, 0) is 204 Å². The van der Waals surface area contributed by atoms with E-state index in [9.17, 15) is 0 Å². The summed E-state index contributed by atoms with van der Waals surface area (Å²) in [5.74, 6) is 0. The standard InChI is InChI=1S/C73H80N2/c1-11-15-19-51-25-33-55(34-26-51)73(56-35-27-52(28-36-56)20-16-12-2)61-47-69-65(71(7,8)63-43-49(5)23-41-67(63)74(69)57-37-29-53(30-38-57)21-17-13-3)45-59(61)60-46-66-70(48-62(60)73)75(58-39-31-54(32-40-58)22-18-14-4)68-42-24-50(6)44-64(68)72(66,9)10/h23-48H,11-22H2,1-10H3. The fourth-order valence-electron chi connectivity index (χ4n) is 13.3. The van der Waals surface area contributed by atoms with Gasteiger partial charge in [0.25, 0.3) is 0 Å². The lowest BCUT2D eigenvalue weighted by Gasteiger charge is -2.44. The number of nitrogens with zero attached hydrogens (tertiary/aromatic N) is 2. The summed E-state index contributed by atoms with van der Waals surface area (Å²) in [6, 6.07) is 63.7. The SMILES string of the molecule is CCCCc1ccc(N2c3ccc(C)cc3C(C)(C)c3cc4c(cc32)C(c2ccc(CCCC)cc2)(c2ccc(CCCC)cc2)c2cc3c(cc2-4)C(C)(C)c2cc(C)ccc2N3c2ccc(CCCC)cc2)cc1. The maximum Gasteiger partial charge on any atom is 0.0715 e. The molecule has 75 heavy (non-hydrogen) atoms. The van der Waals surface area contributed by atoms with E-state index in [0.29, 0.717) is 0 Å². The van der Waals surface area contributed by atoms with Crippen LogP contribution in [0.5, 0.6) is 0 Å². The molecule has 0 spiro atoms. The van der Waals surface area contributed by atoms with Gasteiger partial charge in [-0.2, -0.15) is 0 Å². The number of hydrogen-bond donors (Lipinski definition) is 0. The van der Waals surface area contributed by atoms with Crippen LogP contribution in [0.25, 0.3) is 11.1 Å². The molecule has 2 nitrogen and oxygen atoms in total. The molecule has 0 bridgehead atoms. The Bertz CT molecular complexity index is 3140. The summed E-state index contributed by atoms with van der Waals surface area (Å²) in [5, 5.41) is 0. The van der Waals surface area contributed by atoms with Crippen molar-refractivity contribution in [3.05, 3.63) is 236 Å². The molecule has 0 unspecified atom stereocenters. The predicted molar refractivity (Wildman–Crippen MR) is 321 cm³/mol. The van der Waals surface area contributed by atoms with Gasteiger partial charge in [-0.1, -0.05) is 189 Å². The van der Waals surface area contributed by atoms with Crippen LogP contribution in [0.4, 0.5) is 34.1 Å². The third kappa shape index (κ3) is 8.56. The van der Waals surface area contributed by atoms with Gasteiger partial charge >= 0.3 is 0 Å². The number of fused-ring (bicyclic) bond motifs is 7. The van der Waals surface area contributed by atoms with Crippen molar-refractivity contribution in [1.82, 2.24) is 0 Å². The summed E-state index contributed by atoms with van der Waals surface area (Å²) in [7, 11) is 0. The fourth-order valence-corrected chi connectivity index (χ4v) is 13.3. The van der Waals surface area contributed by atoms with Crippen molar-refractivity contribution in [3.63, 3.8) is 0 Å². The number of benzene rings is 8. The Labute approximate surface area is 450 Å². The first kappa shape index (κ1) is 50.5. The summed E-state index contributed by atoms with van der Waals surface area (Å²) >= 11 is 0. The molecule has 0 aromatic heterocycles. The Kier molecular flexibility index (Phi) is 13.6. The van der Waals surface area contributed by atoms with E-state index in [2.05, 4.69) is 237 Å². The third-order valence-electron chi connectivity index (χ3n) is 17.8. The van der Waals surface area contributed by atoms with Crippen molar-refractivity contribution in [2.75, 3.05) is 9.80 Å². The Hall–Kier alpha value is -6.64. The molecule has 0 saturated carbocycles. The molecule has 2 heteroatoms. The van der Waals surface area contributed by atoms with E-state index in [1.165, 1.54) is 175 Å². The molecule has 8 aromatic carbocycles. The minimum absolute atomic E-state index is 0.277. The molecule has 2 aliphatic heterocycles. The van der Waals surface area contributed by atoms with E-state index in [1.54, 1.807) is 0 Å². The van der Waals surface area contributed by atoms with Crippen LogP contribution in [-0.2, 0) is 41.9 Å². The summed E-state index contributed by atoms with van der Waals surface area (Å²) in [4.78, 5) is 5.21. The Morgan fingerprint density at radius 1 is 0.320 bits per heavy atom. The van der Waals surface area contributed by atoms with Crippen molar-refractivity contribution >= 4 is 34.1 Å². The van der Waals surface area contributed by atoms with Crippen molar-refractivity contribution in [2.45, 2.75) is 163 Å². The molecular weight excluding hydrogens is 905 g/mol. The van der Waals surface area contributed by atoms with Gasteiger partial charge in [0, 0.05) is 22.2 Å². The molecular formula is C73H80N2. The monoisotopic (exact) mass is 985 g/mol. The average Bonchev–Trinajstić information content (AvgIpc) is 3.80. The van der Waals surface area contributed by atoms with E-state index in [1.807, 2.05) is 0 Å². The highest BCUT2D eigenvalue weighted by molar-refractivity contribution is 5.97. The third-order valence-corrected chi connectivity index (χ3v) is 17.8. The maximum absolute atomic E-state index is 2.66. The lowest BCUT2D eigenvalue weighted by atomic mass is 9.65. The second-order valence-electron chi connectivity index (χ2n) is 23.7. The van der Waals surface area contributed by atoms with Crippen molar-refractivity contribution in [2.24, 2.45) is 0 Å². The van der Waals surface area contributed by atoms with E-state index >= 15 is 0 Å². The van der Waals surface area contributed by atoms with E-state index in [-0.39, 0.29) is 10.8 Å². The first-order valence-electron chi connectivity index (χ1n) is 28.9. The molecule has 8 aromatic rings. The van der Waals surface area contributed by atoms with Crippen LogP contribution >= 0.6 is 0 Å². The maximum atomic E-state index is 2.66. The summed E-state index contributed by atoms with van der Waals surface area (Å²) in [5.41, 5.74) is 28.0. The number of hydrogen-bond acceptors (Lipinski definition) is 2. The van der Waals surface area contributed by atoms with Gasteiger partial charge in [0.2, 0.25) is 0 Å². The van der Waals surface area contributed by atoms with Gasteiger partial charge in [-0.3, -0.25) is 0 Å². The van der Waals surface area contributed by atoms with E-state index in [0.717, 1.165) is 25.7 Å². The molecule has 2 heterocycles. The molecule has 0 saturated heterocycles. The molecule has 0 amide bonds. The van der Waals surface area contributed by atoms with E-state index < -0.39 is 5.41 Å². The van der Waals surface area contributed by atoms with Gasteiger partial charge in [0.15, 0.2) is 0 Å². The largest absolute Gasteiger partial charge is 0.310 e. The highest BCUT2D eigenvalue weighted by Crippen LogP contribution is 2.64. The van der Waals surface area contributed by atoms with Crippen LogP contribution in [0.3, 0.4) is 0 Å². The zero-order valence-electron chi connectivity index (χ0n) is 46.9. The average molecular weight is 985 g/mol. The summed E-state index contributed by atoms with van der Waals surface area (Å²) < 4.78 is 0. The van der Waals surface area contributed by atoms with Crippen LogP contribution in [0.2, 0.25) is 0 Å². The number of unbranched alkanes of at least 4 members (excludes halogenated alkanes) is 4. The number of aryl methyl sites for hydroxylation is 6. The second kappa shape index (κ2) is 20.1. The van der Waals surface area contributed by atoms with Crippen molar-refractivity contribution < 1.29 is 0 Å². The van der Waals surface area contributed by atoms with Crippen molar-refractivity contribution in [3.8, 4) is 11.1 Å². The molecule has 1 aliphatic carbocycles. The van der Waals surface area contributed by atoms with Gasteiger partial charge in [0.1, 0.15) is 0 Å². The zero-order chi connectivity index (χ0) is 52.2. The first-order chi connectivity index (χ1) is 36.3. The first-order valence-corrected chi connectivity index (χ1v) is 28.9. The molecule has 0 atom stereocenters. The molecule has 0 N–H and O–H groups in total. The smallest absolute Gasteiger partial charge is 0.0715 e. The minimum atomic E-state index is -0.637. The minimum Gasteiger partial charge on any atom is -0.310 e. The lowest BCUT2D eigenvalue weighted by molar-refractivity contribution is 0.630. The van der Waals surface area contributed by atoms with Crippen LogP contribution in [0.1, 0.15) is 185 Å². The Balaban J connectivity index is 1.24. The fraction of sp³-hybridized carbons (Fsp3) is 0.342. The molecule has 11 rings (SSSR count). The highest BCUT2D eigenvalue weighted by atomic mass is 15.2. The highest BCUT2D eigenvalue weighted by Gasteiger charge is 2.51. The summed E-state index contributed by atoms with van der Waals surface area (Å²) in [6.07, 6.45) is 13.9. The molecule has 0 radical (unpaired) electrons. The lowest BCUT2D eigenvalue weighted by Crippen LogP contribution is -2.33. The molecule has 3 aliphatic rings. The predicted octanol–water partition coefficient (Wildman–Crippen LogP) is 20.3. The van der Waals surface area contributed by atoms with Gasteiger partial charge in [0.05, 0.1) is 28.2 Å². The molecule has 0 fully saturated rings. The molecule has 382 valence electrons. The topological polar surface area (TPSA) is 6.48 Å². The number of rotatable bonds is 16. The van der Waals surface area contributed by atoms with Gasteiger partial charge in [-0.25, -0.2) is 0 Å². The van der Waals surface area contributed by atoms with Gasteiger partial charge in [-0.15, -0.1) is 0 Å². The van der Waals surface area contributed by atoms with Crippen LogP contribution in [0.15, 0.2) is 158 Å². The van der Waals surface area contributed by atoms with Crippen LogP contribution in [0, 0.1) is 13.8 Å². The van der Waals surface area contributed by atoms with Crippen molar-refractivity contribution in [1.29, 1.82) is 0 Å².